The summed E-state index contributed by atoms with van der Waals surface area (Å²) in [7, 11) is 0. The van der Waals surface area contributed by atoms with E-state index >= 15 is 0 Å². The van der Waals surface area contributed by atoms with E-state index in [1.165, 1.54) is 5.56 Å². The molecule has 0 aliphatic rings. The third-order valence-corrected chi connectivity index (χ3v) is 4.38. The van der Waals surface area contributed by atoms with Crippen molar-refractivity contribution in [2.75, 3.05) is 0 Å². The highest BCUT2D eigenvalue weighted by molar-refractivity contribution is 5.80. The van der Waals surface area contributed by atoms with Gasteiger partial charge in [0.2, 0.25) is 0 Å². The van der Waals surface area contributed by atoms with Gasteiger partial charge in [-0.05, 0) is 48.4 Å². The fraction of sp³-hybridized carbons (Fsp3) is 0.250. The number of benzene rings is 2. The van der Waals surface area contributed by atoms with Gasteiger partial charge in [-0.2, -0.15) is 0 Å². The molecule has 0 fully saturated rings. The first-order valence-corrected chi connectivity index (χ1v) is 7.99. The number of nitrogens with two attached hydrogens (primary N) is 1. The van der Waals surface area contributed by atoms with Crippen LogP contribution in [0, 0.1) is 0 Å². The molecule has 3 heteroatoms. The highest BCUT2D eigenvalue weighted by atomic mass is 16.1. The molecular formula is C20H22N2O. The zero-order chi connectivity index (χ0) is 16.4. The lowest BCUT2D eigenvalue weighted by molar-refractivity contribution is 0.492. The van der Waals surface area contributed by atoms with E-state index in [9.17, 15) is 4.79 Å². The Hall–Kier alpha value is -2.39. The molecule has 0 aliphatic carbocycles. The summed E-state index contributed by atoms with van der Waals surface area (Å²) in [6, 6.07) is 18.3. The average molecular weight is 306 g/mol. The Labute approximate surface area is 136 Å². The van der Waals surface area contributed by atoms with Gasteiger partial charge in [0, 0.05) is 16.6 Å². The van der Waals surface area contributed by atoms with E-state index in [-0.39, 0.29) is 5.56 Å². The smallest absolute Gasteiger partial charge is 0.251 e. The van der Waals surface area contributed by atoms with Crippen LogP contribution in [0.4, 0.5) is 0 Å². The molecule has 0 spiro atoms. The Balaban J connectivity index is 2.00. The van der Waals surface area contributed by atoms with Crippen LogP contribution in [0.3, 0.4) is 0 Å². The maximum absolute atomic E-state index is 12.0. The second kappa shape index (κ2) is 6.01. The highest BCUT2D eigenvalue weighted by Crippen LogP contribution is 2.25. The average Bonchev–Trinajstić information content (AvgIpc) is 2.54. The number of fused-ring (bicyclic) bond motifs is 1. The molecule has 118 valence electrons. The molecule has 0 bridgehead atoms. The van der Waals surface area contributed by atoms with Crippen LogP contribution in [0.2, 0.25) is 0 Å². The molecule has 0 radical (unpaired) electrons. The third kappa shape index (κ3) is 3.20. The van der Waals surface area contributed by atoms with E-state index in [2.05, 4.69) is 23.2 Å². The monoisotopic (exact) mass is 306 g/mol. The standard InChI is InChI=1S/C20H22N2O/c1-3-15-11-16-9-10-17(12-18(16)22-19(15)23)20(2,21)13-14-7-5-4-6-8-14/h4-12H,3,13,21H2,1-2H3,(H,22,23). The van der Waals surface area contributed by atoms with Gasteiger partial charge in [-0.3, -0.25) is 4.79 Å². The second-order valence-corrected chi connectivity index (χ2v) is 6.36. The summed E-state index contributed by atoms with van der Waals surface area (Å²) >= 11 is 0. The quantitative estimate of drug-likeness (QED) is 0.775. The van der Waals surface area contributed by atoms with Gasteiger partial charge < -0.3 is 10.7 Å². The minimum atomic E-state index is -0.490. The van der Waals surface area contributed by atoms with E-state index in [0.29, 0.717) is 0 Å². The van der Waals surface area contributed by atoms with Gasteiger partial charge in [0.1, 0.15) is 0 Å². The van der Waals surface area contributed by atoms with Crippen LogP contribution < -0.4 is 11.3 Å². The van der Waals surface area contributed by atoms with E-state index in [1.807, 2.05) is 50.2 Å². The lowest BCUT2D eigenvalue weighted by atomic mass is 9.86. The number of pyridine rings is 1. The molecule has 3 aromatic rings. The van der Waals surface area contributed by atoms with Crippen molar-refractivity contribution in [3.8, 4) is 0 Å². The molecule has 0 saturated heterocycles. The van der Waals surface area contributed by atoms with Crippen LogP contribution in [0.15, 0.2) is 59.4 Å². The molecule has 23 heavy (non-hydrogen) atoms. The first-order chi connectivity index (χ1) is 11.0. The fourth-order valence-electron chi connectivity index (χ4n) is 2.99. The van der Waals surface area contributed by atoms with E-state index < -0.39 is 5.54 Å². The molecule has 0 aliphatic heterocycles. The number of aromatic nitrogens is 1. The summed E-state index contributed by atoms with van der Waals surface area (Å²) < 4.78 is 0. The van der Waals surface area contributed by atoms with Crippen molar-refractivity contribution in [2.45, 2.75) is 32.2 Å². The lowest BCUT2D eigenvalue weighted by Crippen LogP contribution is -2.35. The number of nitrogens with one attached hydrogen (secondary N) is 1. The molecule has 1 atom stereocenters. The molecule has 1 heterocycles. The summed E-state index contributed by atoms with van der Waals surface area (Å²) in [5.74, 6) is 0. The summed E-state index contributed by atoms with van der Waals surface area (Å²) in [6.45, 7) is 4.02. The Bertz CT molecular complexity index is 879. The summed E-state index contributed by atoms with van der Waals surface area (Å²) in [6.07, 6.45) is 1.48. The van der Waals surface area contributed by atoms with E-state index in [4.69, 9.17) is 5.73 Å². The predicted molar refractivity (Wildman–Crippen MR) is 95.6 cm³/mol. The van der Waals surface area contributed by atoms with Gasteiger partial charge >= 0.3 is 0 Å². The number of hydrogen-bond donors (Lipinski definition) is 2. The molecule has 3 N–H and O–H groups in total. The molecule has 3 nitrogen and oxygen atoms in total. The maximum Gasteiger partial charge on any atom is 0.251 e. The molecular weight excluding hydrogens is 284 g/mol. The maximum atomic E-state index is 12.0. The fourth-order valence-corrected chi connectivity index (χ4v) is 2.99. The van der Waals surface area contributed by atoms with Crippen molar-refractivity contribution < 1.29 is 0 Å². The van der Waals surface area contributed by atoms with Gasteiger partial charge in [0.15, 0.2) is 0 Å². The van der Waals surface area contributed by atoms with Crippen LogP contribution in [-0.4, -0.2) is 4.98 Å². The van der Waals surface area contributed by atoms with Crippen molar-refractivity contribution in [3.63, 3.8) is 0 Å². The summed E-state index contributed by atoms with van der Waals surface area (Å²) in [5, 5.41) is 1.04. The van der Waals surface area contributed by atoms with Gasteiger partial charge in [-0.15, -0.1) is 0 Å². The predicted octanol–water partition coefficient (Wildman–Crippen LogP) is 3.51. The zero-order valence-electron chi connectivity index (χ0n) is 13.6. The van der Waals surface area contributed by atoms with Crippen molar-refractivity contribution in [1.82, 2.24) is 4.98 Å². The number of rotatable bonds is 4. The minimum Gasteiger partial charge on any atom is -0.322 e. The molecule has 1 aromatic heterocycles. The molecule has 1 unspecified atom stereocenters. The zero-order valence-corrected chi connectivity index (χ0v) is 13.6. The van der Waals surface area contributed by atoms with Gasteiger partial charge in [0.05, 0.1) is 0 Å². The lowest BCUT2D eigenvalue weighted by Gasteiger charge is -2.26. The van der Waals surface area contributed by atoms with E-state index in [0.717, 1.165) is 34.9 Å². The molecule has 0 saturated carbocycles. The summed E-state index contributed by atoms with van der Waals surface area (Å²) in [5.41, 5.74) is 9.93. The number of aryl methyl sites for hydroxylation is 1. The van der Waals surface area contributed by atoms with Crippen molar-refractivity contribution in [2.24, 2.45) is 5.73 Å². The van der Waals surface area contributed by atoms with Crippen molar-refractivity contribution >= 4 is 10.9 Å². The molecule has 0 amide bonds. The molecule has 2 aromatic carbocycles. The number of aromatic amines is 1. The van der Waals surface area contributed by atoms with Gasteiger partial charge in [-0.25, -0.2) is 0 Å². The first kappa shape index (κ1) is 15.5. The largest absolute Gasteiger partial charge is 0.322 e. The van der Waals surface area contributed by atoms with Crippen molar-refractivity contribution in [3.05, 3.63) is 81.6 Å². The topological polar surface area (TPSA) is 58.9 Å². The number of H-pyrrole nitrogens is 1. The first-order valence-electron chi connectivity index (χ1n) is 7.99. The third-order valence-electron chi connectivity index (χ3n) is 4.38. The van der Waals surface area contributed by atoms with Crippen LogP contribution in [0.25, 0.3) is 10.9 Å². The molecule has 3 rings (SSSR count). The summed E-state index contributed by atoms with van der Waals surface area (Å²) in [4.78, 5) is 15.0. The van der Waals surface area contributed by atoms with Gasteiger partial charge in [0.25, 0.3) is 5.56 Å². The Morgan fingerprint density at radius 3 is 2.52 bits per heavy atom. The van der Waals surface area contributed by atoms with Crippen LogP contribution in [0.1, 0.15) is 30.5 Å². The van der Waals surface area contributed by atoms with E-state index in [1.54, 1.807) is 0 Å². The second-order valence-electron chi connectivity index (χ2n) is 6.36. The van der Waals surface area contributed by atoms with Crippen LogP contribution in [0.5, 0.6) is 0 Å². The van der Waals surface area contributed by atoms with Crippen LogP contribution in [-0.2, 0) is 18.4 Å². The Morgan fingerprint density at radius 1 is 1.09 bits per heavy atom. The van der Waals surface area contributed by atoms with Gasteiger partial charge in [-0.1, -0.05) is 49.4 Å². The SMILES string of the molecule is CCc1cc2ccc(C(C)(N)Cc3ccccc3)cc2[nH]c1=O. The number of hydrogen-bond acceptors (Lipinski definition) is 2. The Kier molecular flexibility index (Phi) is 4.05. The highest BCUT2D eigenvalue weighted by Gasteiger charge is 2.22. The Morgan fingerprint density at radius 2 is 1.83 bits per heavy atom. The minimum absolute atomic E-state index is 0.0149. The van der Waals surface area contributed by atoms with Crippen LogP contribution >= 0.6 is 0 Å². The normalized spacial score (nSPS) is 13.9. The van der Waals surface area contributed by atoms with Crippen molar-refractivity contribution in [1.29, 1.82) is 0 Å².